The lowest BCUT2D eigenvalue weighted by atomic mass is 10.1. The van der Waals surface area contributed by atoms with E-state index in [0.717, 1.165) is 12.1 Å². The molecule has 0 aromatic heterocycles. The lowest BCUT2D eigenvalue weighted by Crippen LogP contribution is -2.36. The van der Waals surface area contributed by atoms with Crippen LogP contribution in [0.3, 0.4) is 0 Å². The van der Waals surface area contributed by atoms with Crippen molar-refractivity contribution >= 4 is 51.1 Å². The van der Waals surface area contributed by atoms with Gasteiger partial charge in [0.15, 0.2) is 0 Å². The Labute approximate surface area is 186 Å². The molecule has 31 heavy (non-hydrogen) atoms. The lowest BCUT2D eigenvalue weighted by molar-refractivity contribution is -0.137. The fourth-order valence-electron chi connectivity index (χ4n) is 3.22. The lowest BCUT2D eigenvalue weighted by Gasteiger charge is -2.22. The smallest absolute Gasteiger partial charge is 0.329 e. The van der Waals surface area contributed by atoms with Crippen LogP contribution in [-0.4, -0.2) is 38.1 Å². The van der Waals surface area contributed by atoms with E-state index in [4.69, 9.17) is 23.2 Å². The van der Waals surface area contributed by atoms with E-state index in [9.17, 15) is 31.2 Å². The fraction of sp³-hybridized carbons (Fsp3) is 0.263. The Morgan fingerprint density at radius 2 is 1.87 bits per heavy atom. The predicted octanol–water partition coefficient (Wildman–Crippen LogP) is 4.62. The SMILES string of the molecule is O=CC1CCCN1C(=O)c1ccc(Cl)cc1NS(=O)(=O)c1ccc(Cl)c(C(F)(F)F)c1. The van der Waals surface area contributed by atoms with Crippen LogP contribution in [-0.2, 0) is 21.0 Å². The Bertz CT molecular complexity index is 1140. The molecule has 1 heterocycles. The van der Waals surface area contributed by atoms with Crippen molar-refractivity contribution in [1.29, 1.82) is 0 Å². The zero-order valence-electron chi connectivity index (χ0n) is 15.6. The van der Waals surface area contributed by atoms with Crippen molar-refractivity contribution < 1.29 is 31.2 Å². The minimum Gasteiger partial charge on any atom is -0.329 e. The van der Waals surface area contributed by atoms with E-state index in [0.29, 0.717) is 31.7 Å². The second-order valence-corrected chi connectivity index (χ2v) is 9.31. The van der Waals surface area contributed by atoms with Crippen LogP contribution in [0.25, 0.3) is 0 Å². The number of hydrogen-bond acceptors (Lipinski definition) is 4. The molecule has 1 fully saturated rings. The van der Waals surface area contributed by atoms with Crippen LogP contribution >= 0.6 is 23.2 Å². The highest BCUT2D eigenvalue weighted by atomic mass is 35.5. The number of alkyl halides is 3. The molecule has 0 saturated carbocycles. The highest BCUT2D eigenvalue weighted by Gasteiger charge is 2.35. The average molecular weight is 495 g/mol. The van der Waals surface area contributed by atoms with Gasteiger partial charge in [0, 0.05) is 11.6 Å². The van der Waals surface area contributed by atoms with Crippen molar-refractivity contribution in [3.8, 4) is 0 Å². The fourth-order valence-corrected chi connectivity index (χ4v) is 4.71. The van der Waals surface area contributed by atoms with E-state index < -0.39 is 43.6 Å². The summed E-state index contributed by atoms with van der Waals surface area (Å²) < 4.78 is 67.0. The van der Waals surface area contributed by atoms with Gasteiger partial charge < -0.3 is 9.69 Å². The molecule has 1 unspecified atom stereocenters. The van der Waals surface area contributed by atoms with Gasteiger partial charge in [0.1, 0.15) is 6.29 Å². The van der Waals surface area contributed by atoms with Gasteiger partial charge in [-0.05, 0) is 49.2 Å². The van der Waals surface area contributed by atoms with Crippen molar-refractivity contribution in [2.24, 2.45) is 0 Å². The number of rotatable bonds is 5. The first-order valence-electron chi connectivity index (χ1n) is 8.89. The van der Waals surface area contributed by atoms with Crippen molar-refractivity contribution in [3.05, 3.63) is 57.6 Å². The first-order chi connectivity index (χ1) is 14.4. The van der Waals surface area contributed by atoms with Gasteiger partial charge in [-0.15, -0.1) is 0 Å². The molecule has 0 aliphatic carbocycles. The highest BCUT2D eigenvalue weighted by Crippen LogP contribution is 2.36. The Kier molecular flexibility index (Phi) is 6.54. The van der Waals surface area contributed by atoms with Gasteiger partial charge in [0.2, 0.25) is 0 Å². The third kappa shape index (κ3) is 4.97. The topological polar surface area (TPSA) is 83.6 Å². The molecule has 2 aromatic rings. The van der Waals surface area contributed by atoms with Gasteiger partial charge in [0.05, 0.1) is 32.8 Å². The van der Waals surface area contributed by atoms with Gasteiger partial charge >= 0.3 is 6.18 Å². The third-order valence-electron chi connectivity index (χ3n) is 4.73. The Balaban J connectivity index is 2.00. The van der Waals surface area contributed by atoms with Crippen LogP contribution in [0.1, 0.15) is 28.8 Å². The molecule has 3 rings (SSSR count). The van der Waals surface area contributed by atoms with E-state index in [1.54, 1.807) is 0 Å². The molecule has 1 amide bonds. The molecule has 166 valence electrons. The molecule has 0 spiro atoms. The third-order valence-corrected chi connectivity index (χ3v) is 6.65. The summed E-state index contributed by atoms with van der Waals surface area (Å²) in [5.74, 6) is -0.601. The van der Waals surface area contributed by atoms with Crippen LogP contribution in [0.4, 0.5) is 18.9 Å². The summed E-state index contributed by atoms with van der Waals surface area (Å²) in [5.41, 5.74) is -1.63. The van der Waals surface area contributed by atoms with Crippen LogP contribution in [0, 0.1) is 0 Å². The molecular formula is C19H15Cl2F3N2O4S. The number of sulfonamides is 1. The monoisotopic (exact) mass is 494 g/mol. The number of benzene rings is 2. The number of anilines is 1. The van der Waals surface area contributed by atoms with E-state index in [2.05, 4.69) is 4.72 Å². The minimum absolute atomic E-state index is 0.0910. The van der Waals surface area contributed by atoms with Crippen LogP contribution in [0.15, 0.2) is 41.3 Å². The summed E-state index contributed by atoms with van der Waals surface area (Å²) >= 11 is 11.5. The molecule has 0 radical (unpaired) electrons. The second kappa shape index (κ2) is 8.68. The first-order valence-corrected chi connectivity index (χ1v) is 11.1. The van der Waals surface area contributed by atoms with E-state index in [-0.39, 0.29) is 16.3 Å². The maximum absolute atomic E-state index is 13.1. The van der Waals surface area contributed by atoms with Crippen LogP contribution in [0.5, 0.6) is 0 Å². The first kappa shape index (κ1) is 23.4. The predicted molar refractivity (Wildman–Crippen MR) is 109 cm³/mol. The Hall–Kier alpha value is -2.30. The summed E-state index contributed by atoms with van der Waals surface area (Å²) in [7, 11) is -4.54. The highest BCUT2D eigenvalue weighted by molar-refractivity contribution is 7.92. The molecule has 1 aliphatic heterocycles. The van der Waals surface area contributed by atoms with Gasteiger partial charge in [0.25, 0.3) is 15.9 Å². The number of hydrogen-bond donors (Lipinski definition) is 1. The number of aldehydes is 1. The van der Waals surface area contributed by atoms with Gasteiger partial charge in [-0.1, -0.05) is 23.2 Å². The molecular weight excluding hydrogens is 480 g/mol. The summed E-state index contributed by atoms with van der Waals surface area (Å²) in [4.78, 5) is 24.7. The molecule has 1 saturated heterocycles. The zero-order valence-corrected chi connectivity index (χ0v) is 17.9. The standard InChI is InChI=1S/C19H15Cl2F3N2O4S/c20-11-3-5-14(18(28)26-7-1-2-12(26)10-27)17(8-11)25-31(29,30)13-4-6-16(21)15(9-13)19(22,23)24/h3-6,8-10,12,25H,1-2,7H2. The normalized spacial score (nSPS) is 16.9. The van der Waals surface area contributed by atoms with E-state index in [1.165, 1.54) is 23.1 Å². The molecule has 2 aromatic carbocycles. The van der Waals surface area contributed by atoms with Crippen molar-refractivity contribution in [2.75, 3.05) is 11.3 Å². The maximum Gasteiger partial charge on any atom is 0.417 e. The molecule has 12 heteroatoms. The van der Waals surface area contributed by atoms with Crippen LogP contribution in [0.2, 0.25) is 10.0 Å². The summed E-state index contributed by atoms with van der Waals surface area (Å²) in [5, 5.41) is -0.561. The molecule has 1 aliphatic rings. The average Bonchev–Trinajstić information content (AvgIpc) is 3.15. The van der Waals surface area contributed by atoms with E-state index in [1.807, 2.05) is 0 Å². The van der Waals surface area contributed by atoms with E-state index >= 15 is 0 Å². The largest absolute Gasteiger partial charge is 0.417 e. The summed E-state index contributed by atoms with van der Waals surface area (Å²) in [6.45, 7) is 0.309. The number of carbonyl (C=O) groups is 2. The quantitative estimate of drug-likeness (QED) is 0.614. The van der Waals surface area contributed by atoms with Crippen LogP contribution < -0.4 is 4.72 Å². The summed E-state index contributed by atoms with van der Waals surface area (Å²) in [6, 6.07) is 5.31. The number of nitrogens with one attached hydrogen (secondary N) is 1. The van der Waals surface area contributed by atoms with Gasteiger partial charge in [-0.25, -0.2) is 8.42 Å². The molecule has 0 bridgehead atoms. The van der Waals surface area contributed by atoms with Crippen molar-refractivity contribution in [3.63, 3.8) is 0 Å². The zero-order chi connectivity index (χ0) is 23.0. The van der Waals surface area contributed by atoms with Crippen molar-refractivity contribution in [1.82, 2.24) is 4.90 Å². The number of amides is 1. The molecule has 1 N–H and O–H groups in total. The Morgan fingerprint density at radius 3 is 2.52 bits per heavy atom. The maximum atomic E-state index is 13.1. The number of carbonyl (C=O) groups excluding carboxylic acids is 2. The van der Waals surface area contributed by atoms with Crippen molar-refractivity contribution in [2.45, 2.75) is 30.0 Å². The van der Waals surface area contributed by atoms with Gasteiger partial charge in [-0.3, -0.25) is 9.52 Å². The summed E-state index contributed by atoms with van der Waals surface area (Å²) in [6.07, 6.45) is -3.14. The molecule has 1 atom stereocenters. The number of halogens is 5. The number of nitrogens with zero attached hydrogens (tertiary/aromatic N) is 1. The second-order valence-electron chi connectivity index (χ2n) is 6.78. The minimum atomic E-state index is -4.86. The number of likely N-dealkylation sites (tertiary alicyclic amines) is 1. The Morgan fingerprint density at radius 1 is 1.16 bits per heavy atom. The molecule has 6 nitrogen and oxygen atoms in total. The van der Waals surface area contributed by atoms with Gasteiger partial charge in [-0.2, -0.15) is 13.2 Å².